The first kappa shape index (κ1) is 11.9. The number of nitriles is 1. The fourth-order valence-electron chi connectivity index (χ4n) is 2.41. The number of likely N-dealkylation sites (tertiary alicyclic amines) is 1. The third-order valence-electron chi connectivity index (χ3n) is 3.38. The molecule has 1 aliphatic rings. The van der Waals surface area contributed by atoms with E-state index >= 15 is 0 Å². The Hall–Kier alpha value is -1.53. The minimum Gasteiger partial charge on any atom is -0.497 e. The second kappa shape index (κ2) is 5.70. The minimum absolute atomic E-state index is 0.587. The van der Waals surface area contributed by atoms with Crippen LogP contribution in [0, 0.1) is 11.3 Å². The van der Waals surface area contributed by atoms with Gasteiger partial charge in [-0.05, 0) is 36.6 Å². The summed E-state index contributed by atoms with van der Waals surface area (Å²) in [5, 5.41) is 8.58. The van der Waals surface area contributed by atoms with E-state index in [1.165, 1.54) is 12.0 Å². The van der Waals surface area contributed by atoms with E-state index in [0.29, 0.717) is 12.3 Å². The lowest BCUT2D eigenvalue weighted by molar-refractivity contribution is 0.342. The summed E-state index contributed by atoms with van der Waals surface area (Å²) in [6.07, 6.45) is 1.81. The van der Waals surface area contributed by atoms with Gasteiger partial charge in [0.1, 0.15) is 5.75 Å². The molecular formula is C14H18N2O. The Kier molecular flexibility index (Phi) is 4.00. The van der Waals surface area contributed by atoms with Crippen LogP contribution in [0.5, 0.6) is 5.75 Å². The summed E-state index contributed by atoms with van der Waals surface area (Å²) in [6.45, 7) is 3.06. The van der Waals surface area contributed by atoms with Crippen molar-refractivity contribution in [3.63, 3.8) is 0 Å². The number of nitrogens with zero attached hydrogens (tertiary/aromatic N) is 2. The Labute approximate surface area is 103 Å². The molecule has 0 unspecified atom stereocenters. The number of methoxy groups -OCH3 is 1. The van der Waals surface area contributed by atoms with Gasteiger partial charge in [0.15, 0.2) is 0 Å². The third-order valence-corrected chi connectivity index (χ3v) is 3.38. The van der Waals surface area contributed by atoms with Crippen LogP contribution in [-0.4, -0.2) is 31.6 Å². The molecule has 0 radical (unpaired) electrons. The van der Waals surface area contributed by atoms with Crippen LogP contribution >= 0.6 is 0 Å². The van der Waals surface area contributed by atoms with Crippen molar-refractivity contribution in [3.8, 4) is 11.8 Å². The summed E-state index contributed by atoms with van der Waals surface area (Å²) >= 11 is 0. The summed E-state index contributed by atoms with van der Waals surface area (Å²) in [6, 6.07) is 10.5. The molecule has 3 nitrogen and oxygen atoms in total. The van der Waals surface area contributed by atoms with Crippen LogP contribution in [0.4, 0.5) is 0 Å². The predicted molar refractivity (Wildman–Crippen MR) is 67.0 cm³/mol. The molecule has 1 atom stereocenters. The maximum atomic E-state index is 8.58. The topological polar surface area (TPSA) is 36.3 Å². The molecule has 0 bridgehead atoms. The van der Waals surface area contributed by atoms with E-state index in [-0.39, 0.29) is 0 Å². The zero-order valence-corrected chi connectivity index (χ0v) is 10.2. The van der Waals surface area contributed by atoms with Gasteiger partial charge < -0.3 is 9.64 Å². The fraction of sp³-hybridized carbons (Fsp3) is 0.500. The van der Waals surface area contributed by atoms with Crippen molar-refractivity contribution in [2.75, 3.05) is 26.7 Å². The number of rotatable bonds is 4. The van der Waals surface area contributed by atoms with Gasteiger partial charge in [-0.25, -0.2) is 0 Å². The van der Waals surface area contributed by atoms with Gasteiger partial charge in [-0.3, -0.25) is 0 Å². The SMILES string of the molecule is COc1cccc([C@H]2CCN(CCC#N)C2)c1. The van der Waals surface area contributed by atoms with E-state index in [2.05, 4.69) is 23.1 Å². The lowest BCUT2D eigenvalue weighted by Gasteiger charge is -2.14. The largest absolute Gasteiger partial charge is 0.497 e. The van der Waals surface area contributed by atoms with Gasteiger partial charge in [-0.1, -0.05) is 12.1 Å². The van der Waals surface area contributed by atoms with Crippen molar-refractivity contribution in [3.05, 3.63) is 29.8 Å². The van der Waals surface area contributed by atoms with E-state index in [9.17, 15) is 0 Å². The lowest BCUT2D eigenvalue weighted by atomic mass is 9.98. The number of hydrogen-bond acceptors (Lipinski definition) is 3. The maximum Gasteiger partial charge on any atom is 0.119 e. The molecule has 17 heavy (non-hydrogen) atoms. The first-order valence-corrected chi connectivity index (χ1v) is 6.06. The summed E-state index contributed by atoms with van der Waals surface area (Å²) in [7, 11) is 1.70. The smallest absolute Gasteiger partial charge is 0.119 e. The van der Waals surface area contributed by atoms with E-state index < -0.39 is 0 Å². The van der Waals surface area contributed by atoms with Crippen molar-refractivity contribution >= 4 is 0 Å². The molecule has 1 aromatic rings. The van der Waals surface area contributed by atoms with Gasteiger partial charge in [0, 0.05) is 19.5 Å². The van der Waals surface area contributed by atoms with E-state index in [0.717, 1.165) is 25.4 Å². The molecule has 1 aliphatic heterocycles. The molecule has 0 spiro atoms. The highest BCUT2D eigenvalue weighted by Crippen LogP contribution is 2.29. The molecular weight excluding hydrogens is 212 g/mol. The van der Waals surface area contributed by atoms with Crippen molar-refractivity contribution in [2.45, 2.75) is 18.8 Å². The lowest BCUT2D eigenvalue weighted by Crippen LogP contribution is -2.21. The molecule has 0 aromatic heterocycles. The van der Waals surface area contributed by atoms with Crippen molar-refractivity contribution in [2.24, 2.45) is 0 Å². The molecule has 0 aliphatic carbocycles. The van der Waals surface area contributed by atoms with Gasteiger partial charge in [0.25, 0.3) is 0 Å². The van der Waals surface area contributed by atoms with Gasteiger partial charge in [-0.2, -0.15) is 5.26 Å². The molecule has 1 heterocycles. The van der Waals surface area contributed by atoms with Gasteiger partial charge in [-0.15, -0.1) is 0 Å². The Balaban J connectivity index is 1.97. The fourth-order valence-corrected chi connectivity index (χ4v) is 2.41. The van der Waals surface area contributed by atoms with Crippen LogP contribution in [0.2, 0.25) is 0 Å². The summed E-state index contributed by atoms with van der Waals surface area (Å²) in [5.74, 6) is 1.52. The molecule has 1 saturated heterocycles. The van der Waals surface area contributed by atoms with Crippen LogP contribution in [0.15, 0.2) is 24.3 Å². The summed E-state index contributed by atoms with van der Waals surface area (Å²) in [4.78, 5) is 2.37. The number of benzene rings is 1. The Morgan fingerprint density at radius 3 is 3.18 bits per heavy atom. The van der Waals surface area contributed by atoms with Gasteiger partial charge in [0.2, 0.25) is 0 Å². The maximum absolute atomic E-state index is 8.58. The van der Waals surface area contributed by atoms with Crippen molar-refractivity contribution < 1.29 is 4.74 Å². The molecule has 1 aromatic carbocycles. The molecule has 3 heteroatoms. The van der Waals surface area contributed by atoms with Crippen LogP contribution in [0.1, 0.15) is 24.3 Å². The highest BCUT2D eigenvalue weighted by Gasteiger charge is 2.23. The van der Waals surface area contributed by atoms with Crippen LogP contribution in [-0.2, 0) is 0 Å². The van der Waals surface area contributed by atoms with E-state index in [4.69, 9.17) is 10.00 Å². The molecule has 0 N–H and O–H groups in total. The molecule has 1 fully saturated rings. The second-order valence-electron chi connectivity index (χ2n) is 4.47. The molecule has 0 saturated carbocycles. The first-order valence-electron chi connectivity index (χ1n) is 6.06. The van der Waals surface area contributed by atoms with E-state index in [1.807, 2.05) is 12.1 Å². The minimum atomic E-state index is 0.587. The molecule has 2 rings (SSSR count). The van der Waals surface area contributed by atoms with Gasteiger partial charge >= 0.3 is 0 Å². The zero-order valence-electron chi connectivity index (χ0n) is 10.2. The quantitative estimate of drug-likeness (QED) is 0.797. The highest BCUT2D eigenvalue weighted by atomic mass is 16.5. The number of ether oxygens (including phenoxy) is 1. The first-order chi connectivity index (χ1) is 8.33. The normalized spacial score (nSPS) is 20.1. The van der Waals surface area contributed by atoms with Crippen molar-refractivity contribution in [1.29, 1.82) is 5.26 Å². The average Bonchev–Trinajstić information content (AvgIpc) is 2.85. The van der Waals surface area contributed by atoms with Crippen LogP contribution in [0.25, 0.3) is 0 Å². The van der Waals surface area contributed by atoms with E-state index in [1.54, 1.807) is 7.11 Å². The van der Waals surface area contributed by atoms with Crippen molar-refractivity contribution in [1.82, 2.24) is 4.90 Å². The Bertz CT molecular complexity index is 411. The van der Waals surface area contributed by atoms with Crippen LogP contribution in [0.3, 0.4) is 0 Å². The average molecular weight is 230 g/mol. The Morgan fingerprint density at radius 1 is 1.53 bits per heavy atom. The Morgan fingerprint density at radius 2 is 2.41 bits per heavy atom. The number of hydrogen-bond donors (Lipinski definition) is 0. The molecule has 0 amide bonds. The van der Waals surface area contributed by atoms with Gasteiger partial charge in [0.05, 0.1) is 13.2 Å². The summed E-state index contributed by atoms with van der Waals surface area (Å²) < 4.78 is 5.25. The standard InChI is InChI=1S/C14H18N2O/c1-17-14-5-2-4-12(10-14)13-6-9-16(11-13)8-3-7-15/h2,4-5,10,13H,3,6,8-9,11H2,1H3/t13-/m0/s1. The third kappa shape index (κ3) is 2.98. The summed E-state index contributed by atoms with van der Waals surface area (Å²) in [5.41, 5.74) is 1.35. The monoisotopic (exact) mass is 230 g/mol. The highest BCUT2D eigenvalue weighted by molar-refractivity contribution is 5.31. The zero-order chi connectivity index (χ0) is 12.1. The second-order valence-corrected chi connectivity index (χ2v) is 4.47. The predicted octanol–water partition coefficient (Wildman–Crippen LogP) is 2.40. The molecule has 90 valence electrons. The van der Waals surface area contributed by atoms with Crippen LogP contribution < -0.4 is 4.74 Å².